The maximum absolute atomic E-state index is 13.7. The van der Waals surface area contributed by atoms with Crippen molar-refractivity contribution in [1.29, 1.82) is 0 Å². The number of hydrogen-bond acceptors (Lipinski definition) is 2. The normalized spacial score (nSPS) is 12.7. The van der Waals surface area contributed by atoms with Gasteiger partial charge in [0.05, 0.1) is 5.56 Å². The number of rotatable bonds is 8. The molecule has 0 saturated carbocycles. The number of hydrogen-bond donors (Lipinski definition) is 0. The van der Waals surface area contributed by atoms with Crippen molar-refractivity contribution in [2.24, 2.45) is 0 Å². The standard InChI is InChI=1S/C22H28F3O2P/c1-6-21(7-2,17-12-15(3)8-10-19(17)27-14-26-5)28-20-11-9-16(4)13-18(20)22(23,24)25/h8-13,28H,6-7,14H2,1-5H3. The van der Waals surface area contributed by atoms with Gasteiger partial charge in [0.15, 0.2) is 6.79 Å². The van der Waals surface area contributed by atoms with Gasteiger partial charge in [-0.25, -0.2) is 0 Å². The number of methoxy groups -OCH3 is 1. The molecule has 6 heteroatoms. The minimum atomic E-state index is -4.37. The Labute approximate surface area is 167 Å². The molecular weight excluding hydrogens is 384 g/mol. The van der Waals surface area contributed by atoms with E-state index in [0.29, 0.717) is 29.5 Å². The molecule has 0 bridgehead atoms. The molecule has 0 heterocycles. The van der Waals surface area contributed by atoms with E-state index in [2.05, 4.69) is 0 Å². The van der Waals surface area contributed by atoms with E-state index in [0.717, 1.165) is 11.1 Å². The lowest BCUT2D eigenvalue weighted by atomic mass is 9.90. The molecule has 0 fully saturated rings. The molecule has 0 saturated heterocycles. The van der Waals surface area contributed by atoms with Crippen LogP contribution in [0.4, 0.5) is 13.2 Å². The third kappa shape index (κ3) is 5.07. The van der Waals surface area contributed by atoms with E-state index in [1.54, 1.807) is 26.2 Å². The summed E-state index contributed by atoms with van der Waals surface area (Å²) in [5.41, 5.74) is 2.07. The Morgan fingerprint density at radius 1 is 0.893 bits per heavy atom. The van der Waals surface area contributed by atoms with Crippen molar-refractivity contribution in [2.45, 2.75) is 51.9 Å². The molecule has 1 atom stereocenters. The van der Waals surface area contributed by atoms with Gasteiger partial charge >= 0.3 is 6.18 Å². The van der Waals surface area contributed by atoms with Crippen LogP contribution in [0.2, 0.25) is 0 Å². The Morgan fingerprint density at radius 2 is 1.46 bits per heavy atom. The molecule has 154 valence electrons. The van der Waals surface area contributed by atoms with E-state index in [1.807, 2.05) is 39.0 Å². The molecule has 0 aliphatic rings. The molecule has 0 spiro atoms. The molecule has 0 radical (unpaired) electrons. The molecule has 1 unspecified atom stereocenters. The van der Waals surface area contributed by atoms with Crippen molar-refractivity contribution in [2.75, 3.05) is 13.9 Å². The lowest BCUT2D eigenvalue weighted by Gasteiger charge is -2.35. The highest BCUT2D eigenvalue weighted by molar-refractivity contribution is 7.48. The number of alkyl halides is 3. The third-order valence-corrected chi connectivity index (χ3v) is 7.20. The Balaban J connectivity index is 2.59. The van der Waals surface area contributed by atoms with Crippen molar-refractivity contribution < 1.29 is 22.6 Å². The van der Waals surface area contributed by atoms with Gasteiger partial charge in [0, 0.05) is 17.8 Å². The molecule has 2 aromatic rings. The topological polar surface area (TPSA) is 18.5 Å². The Kier molecular flexibility index (Phi) is 7.52. The van der Waals surface area contributed by atoms with E-state index in [1.165, 1.54) is 6.07 Å². The fourth-order valence-corrected chi connectivity index (χ4v) is 5.11. The number of halogens is 3. The summed E-state index contributed by atoms with van der Waals surface area (Å²) in [5.74, 6) is 0.671. The Morgan fingerprint density at radius 3 is 2.00 bits per heavy atom. The highest BCUT2D eigenvalue weighted by Gasteiger charge is 2.38. The van der Waals surface area contributed by atoms with E-state index in [9.17, 15) is 13.2 Å². The summed E-state index contributed by atoms with van der Waals surface area (Å²) in [5, 5.41) is -0.0920. The first kappa shape index (κ1) is 22.7. The predicted octanol–water partition coefficient (Wildman–Crippen LogP) is 6.32. The molecule has 2 aromatic carbocycles. The van der Waals surface area contributed by atoms with Gasteiger partial charge in [0.25, 0.3) is 0 Å². The highest BCUT2D eigenvalue weighted by Crippen LogP contribution is 2.51. The fraction of sp³-hybridized carbons (Fsp3) is 0.455. The van der Waals surface area contributed by atoms with Gasteiger partial charge in [-0.2, -0.15) is 13.2 Å². The summed E-state index contributed by atoms with van der Waals surface area (Å²) in [4.78, 5) is 0. The van der Waals surface area contributed by atoms with Crippen molar-refractivity contribution in [3.8, 4) is 5.75 Å². The van der Waals surface area contributed by atoms with Crippen LogP contribution in [-0.4, -0.2) is 13.9 Å². The molecule has 28 heavy (non-hydrogen) atoms. The maximum atomic E-state index is 13.7. The minimum Gasteiger partial charge on any atom is -0.467 e. The fourth-order valence-electron chi connectivity index (χ4n) is 3.40. The van der Waals surface area contributed by atoms with E-state index < -0.39 is 16.9 Å². The van der Waals surface area contributed by atoms with Gasteiger partial charge in [0.2, 0.25) is 0 Å². The summed E-state index contributed by atoms with van der Waals surface area (Å²) in [6, 6.07) is 10.5. The summed E-state index contributed by atoms with van der Waals surface area (Å²) in [7, 11) is 1.52. The zero-order chi connectivity index (χ0) is 20.9. The Bertz CT molecular complexity index is 799. The minimum absolute atomic E-state index is 0.0309. The first-order valence-corrected chi connectivity index (χ1v) is 10.4. The molecule has 0 N–H and O–H groups in total. The van der Waals surface area contributed by atoms with Crippen LogP contribution in [0.15, 0.2) is 36.4 Å². The second-order valence-corrected chi connectivity index (χ2v) is 8.76. The average molecular weight is 412 g/mol. The van der Waals surface area contributed by atoms with E-state index in [4.69, 9.17) is 9.47 Å². The molecule has 0 aliphatic carbocycles. The first-order valence-electron chi connectivity index (χ1n) is 9.35. The summed E-state index contributed by atoms with van der Waals surface area (Å²) >= 11 is 0. The summed E-state index contributed by atoms with van der Waals surface area (Å²) in [6.07, 6.45) is -2.95. The molecule has 0 aromatic heterocycles. The van der Waals surface area contributed by atoms with Crippen LogP contribution in [0.25, 0.3) is 0 Å². The predicted molar refractivity (Wildman–Crippen MR) is 110 cm³/mol. The molecule has 2 nitrogen and oxygen atoms in total. The van der Waals surface area contributed by atoms with Crippen molar-refractivity contribution in [3.63, 3.8) is 0 Å². The monoisotopic (exact) mass is 412 g/mol. The van der Waals surface area contributed by atoms with Crippen molar-refractivity contribution in [3.05, 3.63) is 58.7 Å². The number of ether oxygens (including phenoxy) is 2. The van der Waals surface area contributed by atoms with Gasteiger partial charge in [-0.15, -0.1) is 0 Å². The second kappa shape index (κ2) is 9.28. The molecule has 2 rings (SSSR count). The van der Waals surface area contributed by atoms with Crippen LogP contribution in [0.1, 0.15) is 48.9 Å². The third-order valence-electron chi connectivity index (χ3n) is 5.04. The number of benzene rings is 2. The Hall–Kier alpha value is -1.58. The summed E-state index contributed by atoms with van der Waals surface area (Å²) in [6.45, 7) is 7.82. The van der Waals surface area contributed by atoms with Crippen molar-refractivity contribution >= 4 is 13.9 Å². The maximum Gasteiger partial charge on any atom is 0.417 e. The van der Waals surface area contributed by atoms with E-state index >= 15 is 0 Å². The number of aryl methyl sites for hydroxylation is 2. The van der Waals surface area contributed by atoms with Gasteiger partial charge in [-0.05, 0) is 44.1 Å². The van der Waals surface area contributed by atoms with Crippen molar-refractivity contribution in [1.82, 2.24) is 0 Å². The van der Waals surface area contributed by atoms with Gasteiger partial charge < -0.3 is 9.47 Å². The lowest BCUT2D eigenvalue weighted by molar-refractivity contribution is -0.136. The van der Waals surface area contributed by atoms with Crippen LogP contribution in [0, 0.1) is 13.8 Å². The van der Waals surface area contributed by atoms with Gasteiger partial charge in [0.1, 0.15) is 5.75 Å². The van der Waals surface area contributed by atoms with Gasteiger partial charge in [-0.1, -0.05) is 57.8 Å². The molecular formula is C22H28F3O2P. The van der Waals surface area contributed by atoms with Crippen LogP contribution in [0.5, 0.6) is 5.75 Å². The largest absolute Gasteiger partial charge is 0.467 e. The first-order chi connectivity index (χ1) is 13.2. The zero-order valence-corrected chi connectivity index (χ0v) is 18.0. The van der Waals surface area contributed by atoms with Crippen LogP contribution >= 0.6 is 8.58 Å². The van der Waals surface area contributed by atoms with Crippen LogP contribution in [0.3, 0.4) is 0 Å². The summed E-state index contributed by atoms with van der Waals surface area (Å²) < 4.78 is 51.9. The smallest absolute Gasteiger partial charge is 0.417 e. The highest BCUT2D eigenvalue weighted by atomic mass is 31.1. The lowest BCUT2D eigenvalue weighted by Crippen LogP contribution is -2.26. The van der Waals surface area contributed by atoms with Gasteiger partial charge in [-0.3, -0.25) is 0 Å². The quantitative estimate of drug-likeness (QED) is 0.373. The zero-order valence-electron chi connectivity index (χ0n) is 17.0. The SMILES string of the molecule is CCC(CC)(Pc1ccc(C)cc1C(F)(F)F)c1cc(C)ccc1OCOC. The van der Waals surface area contributed by atoms with Crippen LogP contribution in [-0.2, 0) is 16.1 Å². The second-order valence-electron chi connectivity index (χ2n) is 7.01. The average Bonchev–Trinajstić information content (AvgIpc) is 2.65. The van der Waals surface area contributed by atoms with E-state index in [-0.39, 0.29) is 15.4 Å². The molecule has 0 amide bonds. The molecule has 0 aliphatic heterocycles. The van der Waals surface area contributed by atoms with Crippen LogP contribution < -0.4 is 10.0 Å².